The predicted molar refractivity (Wildman–Crippen MR) is 74.2 cm³/mol. The third kappa shape index (κ3) is 3.07. The Bertz CT molecular complexity index is 622. The van der Waals surface area contributed by atoms with Crippen molar-refractivity contribution in [2.75, 3.05) is 36.4 Å². The molecular formula is C12H15N7O2. The van der Waals surface area contributed by atoms with Crippen LogP contribution in [-0.4, -0.2) is 57.8 Å². The zero-order valence-electron chi connectivity index (χ0n) is 11.6. The maximum Gasteiger partial charge on any atom is 0.250 e. The smallest absolute Gasteiger partial charge is 0.250 e. The van der Waals surface area contributed by atoms with Crippen LogP contribution in [0, 0.1) is 6.92 Å². The molecule has 3 heterocycles. The van der Waals surface area contributed by atoms with Crippen molar-refractivity contribution in [3.8, 4) is 0 Å². The molecule has 110 valence electrons. The number of nitrogens with one attached hydrogen (secondary N) is 1. The van der Waals surface area contributed by atoms with Crippen LogP contribution in [0.15, 0.2) is 16.8 Å². The lowest BCUT2D eigenvalue weighted by Crippen LogP contribution is -2.46. The van der Waals surface area contributed by atoms with Crippen molar-refractivity contribution >= 4 is 24.0 Å². The molecule has 21 heavy (non-hydrogen) atoms. The zero-order valence-corrected chi connectivity index (χ0v) is 11.6. The number of carbonyl (C=O) groups is 1. The summed E-state index contributed by atoms with van der Waals surface area (Å²) in [5.74, 6) is 2.32. The summed E-state index contributed by atoms with van der Waals surface area (Å²) >= 11 is 0. The maximum atomic E-state index is 10.7. The first-order valence-electron chi connectivity index (χ1n) is 6.59. The summed E-state index contributed by atoms with van der Waals surface area (Å²) in [4.78, 5) is 18.9. The summed E-state index contributed by atoms with van der Waals surface area (Å²) < 4.78 is 4.97. The van der Waals surface area contributed by atoms with Gasteiger partial charge in [0.2, 0.25) is 12.4 Å². The first kappa shape index (κ1) is 13.3. The van der Waals surface area contributed by atoms with Gasteiger partial charge < -0.3 is 19.6 Å². The van der Waals surface area contributed by atoms with Crippen LogP contribution in [0.1, 0.15) is 5.76 Å². The molecular weight excluding hydrogens is 274 g/mol. The molecule has 0 atom stereocenters. The summed E-state index contributed by atoms with van der Waals surface area (Å²) in [5, 5.41) is 14.6. The second-order valence-electron chi connectivity index (χ2n) is 4.71. The SMILES string of the molecule is Cc1cc(Nc2nncc(N3CCN(C=O)CC3)n2)no1. The minimum atomic E-state index is 0.360. The average molecular weight is 289 g/mol. The number of rotatable bonds is 4. The highest BCUT2D eigenvalue weighted by molar-refractivity contribution is 5.51. The highest BCUT2D eigenvalue weighted by Gasteiger charge is 2.17. The predicted octanol–water partition coefficient (Wildman–Crippen LogP) is 0.190. The quantitative estimate of drug-likeness (QED) is 0.796. The number of piperazine rings is 1. The van der Waals surface area contributed by atoms with Crippen molar-refractivity contribution < 1.29 is 9.32 Å². The summed E-state index contributed by atoms with van der Waals surface area (Å²) in [5.41, 5.74) is 0. The lowest BCUT2D eigenvalue weighted by Gasteiger charge is -2.32. The molecule has 0 unspecified atom stereocenters. The van der Waals surface area contributed by atoms with E-state index in [1.54, 1.807) is 24.1 Å². The standard InChI is InChI=1S/C12H15N7O2/c1-9-6-10(17-21-9)14-12-15-11(7-13-16-12)19-4-2-18(8-20)3-5-19/h6-8H,2-5H2,1H3,(H,14,15,16,17). The van der Waals surface area contributed by atoms with Gasteiger partial charge in [-0.1, -0.05) is 5.16 Å². The highest BCUT2D eigenvalue weighted by Crippen LogP contribution is 2.16. The number of aromatic nitrogens is 4. The van der Waals surface area contributed by atoms with Crippen LogP contribution < -0.4 is 10.2 Å². The fourth-order valence-electron chi connectivity index (χ4n) is 2.10. The molecule has 1 amide bonds. The third-order valence-electron chi connectivity index (χ3n) is 3.20. The molecule has 0 aliphatic carbocycles. The van der Waals surface area contributed by atoms with E-state index >= 15 is 0 Å². The van der Waals surface area contributed by atoms with Gasteiger partial charge in [0.05, 0.1) is 6.20 Å². The zero-order chi connectivity index (χ0) is 14.7. The van der Waals surface area contributed by atoms with Gasteiger partial charge in [-0.05, 0) is 6.92 Å². The van der Waals surface area contributed by atoms with Gasteiger partial charge in [-0.3, -0.25) is 4.79 Å². The second-order valence-corrected chi connectivity index (χ2v) is 4.71. The van der Waals surface area contributed by atoms with E-state index in [-0.39, 0.29) is 0 Å². The van der Waals surface area contributed by atoms with Crippen molar-refractivity contribution in [1.82, 2.24) is 25.2 Å². The van der Waals surface area contributed by atoms with Gasteiger partial charge in [0.25, 0.3) is 0 Å². The van der Waals surface area contributed by atoms with Gasteiger partial charge in [-0.2, -0.15) is 10.1 Å². The third-order valence-corrected chi connectivity index (χ3v) is 3.20. The number of anilines is 3. The van der Waals surface area contributed by atoms with E-state index < -0.39 is 0 Å². The summed E-state index contributed by atoms with van der Waals surface area (Å²) in [7, 11) is 0. The van der Waals surface area contributed by atoms with E-state index in [0.29, 0.717) is 30.6 Å². The number of hydrogen-bond acceptors (Lipinski definition) is 8. The van der Waals surface area contributed by atoms with E-state index in [0.717, 1.165) is 25.3 Å². The lowest BCUT2D eigenvalue weighted by molar-refractivity contribution is -0.118. The van der Waals surface area contributed by atoms with Crippen molar-refractivity contribution in [3.05, 3.63) is 18.0 Å². The molecule has 9 heteroatoms. The van der Waals surface area contributed by atoms with Gasteiger partial charge in [0.1, 0.15) is 5.76 Å². The van der Waals surface area contributed by atoms with E-state index in [4.69, 9.17) is 4.52 Å². The minimum Gasteiger partial charge on any atom is -0.360 e. The van der Waals surface area contributed by atoms with Crippen molar-refractivity contribution in [2.45, 2.75) is 6.92 Å². The molecule has 1 fully saturated rings. The Hall–Kier alpha value is -2.71. The van der Waals surface area contributed by atoms with Crippen molar-refractivity contribution in [1.29, 1.82) is 0 Å². The molecule has 0 bridgehead atoms. The Morgan fingerprint density at radius 3 is 2.81 bits per heavy atom. The van der Waals surface area contributed by atoms with Crippen LogP contribution in [0.4, 0.5) is 17.6 Å². The highest BCUT2D eigenvalue weighted by atomic mass is 16.5. The number of amides is 1. The maximum absolute atomic E-state index is 10.7. The van der Waals surface area contributed by atoms with E-state index in [9.17, 15) is 4.79 Å². The molecule has 1 N–H and O–H groups in total. The molecule has 0 spiro atoms. The van der Waals surface area contributed by atoms with Crippen LogP contribution >= 0.6 is 0 Å². The van der Waals surface area contributed by atoms with Crippen molar-refractivity contribution in [2.24, 2.45) is 0 Å². The molecule has 2 aromatic heterocycles. The fraction of sp³-hybridized carbons (Fsp3) is 0.417. The first-order chi connectivity index (χ1) is 10.2. The number of carbonyl (C=O) groups excluding carboxylic acids is 1. The van der Waals surface area contributed by atoms with Crippen LogP contribution in [0.2, 0.25) is 0 Å². The number of nitrogens with zero attached hydrogens (tertiary/aromatic N) is 6. The Morgan fingerprint density at radius 1 is 1.33 bits per heavy atom. The number of hydrogen-bond donors (Lipinski definition) is 1. The molecule has 2 aromatic rings. The minimum absolute atomic E-state index is 0.360. The van der Waals surface area contributed by atoms with Crippen molar-refractivity contribution in [3.63, 3.8) is 0 Å². The van der Waals surface area contributed by atoms with Gasteiger partial charge in [0.15, 0.2) is 11.6 Å². The second kappa shape index (κ2) is 5.73. The monoisotopic (exact) mass is 289 g/mol. The number of aryl methyl sites for hydroxylation is 1. The molecule has 0 aromatic carbocycles. The Morgan fingerprint density at radius 2 is 2.14 bits per heavy atom. The summed E-state index contributed by atoms with van der Waals surface area (Å²) in [6.07, 6.45) is 2.48. The van der Waals surface area contributed by atoms with Gasteiger partial charge in [-0.15, -0.1) is 5.10 Å². The normalized spacial score (nSPS) is 15.1. The van der Waals surface area contributed by atoms with Crippen LogP contribution in [0.3, 0.4) is 0 Å². The molecule has 1 aliphatic heterocycles. The Balaban J connectivity index is 1.70. The first-order valence-corrected chi connectivity index (χ1v) is 6.59. The molecule has 1 saturated heterocycles. The average Bonchev–Trinajstić information content (AvgIpc) is 2.93. The van der Waals surface area contributed by atoms with Gasteiger partial charge in [0, 0.05) is 32.2 Å². The molecule has 3 rings (SSSR count). The van der Waals surface area contributed by atoms with Crippen LogP contribution in [-0.2, 0) is 4.79 Å². The summed E-state index contributed by atoms with van der Waals surface area (Å²) in [6.45, 7) is 4.61. The van der Waals surface area contributed by atoms with E-state index in [2.05, 4.69) is 30.6 Å². The summed E-state index contributed by atoms with van der Waals surface area (Å²) in [6, 6.07) is 1.75. The molecule has 9 nitrogen and oxygen atoms in total. The fourth-order valence-corrected chi connectivity index (χ4v) is 2.10. The van der Waals surface area contributed by atoms with Crippen LogP contribution in [0.25, 0.3) is 0 Å². The van der Waals surface area contributed by atoms with E-state index in [1.165, 1.54) is 0 Å². The Labute approximate surface area is 120 Å². The van der Waals surface area contributed by atoms with Gasteiger partial charge >= 0.3 is 0 Å². The van der Waals surface area contributed by atoms with Crippen LogP contribution in [0.5, 0.6) is 0 Å². The molecule has 0 saturated carbocycles. The largest absolute Gasteiger partial charge is 0.360 e. The Kier molecular flexibility index (Phi) is 3.63. The molecule has 0 radical (unpaired) electrons. The van der Waals surface area contributed by atoms with Gasteiger partial charge in [-0.25, -0.2) is 0 Å². The van der Waals surface area contributed by atoms with E-state index in [1.807, 2.05) is 0 Å². The topological polar surface area (TPSA) is 100 Å². The molecule has 1 aliphatic rings. The lowest BCUT2D eigenvalue weighted by atomic mass is 10.3.